The lowest BCUT2D eigenvalue weighted by molar-refractivity contribution is 0.465. The number of unbranched alkanes of at least 4 members (excludes halogenated alkanes) is 1. The second kappa shape index (κ2) is 12.9. The maximum absolute atomic E-state index is 9.96. The Morgan fingerprint density at radius 2 is 1.24 bits per heavy atom. The van der Waals surface area contributed by atoms with Crippen LogP contribution in [0.3, 0.4) is 0 Å². The van der Waals surface area contributed by atoms with Gasteiger partial charge in [-0.2, -0.15) is 0 Å². The van der Waals surface area contributed by atoms with Crippen molar-refractivity contribution in [2.75, 3.05) is 6.54 Å². The Bertz CT molecular complexity index is 868. The Hall–Kier alpha value is -2.93. The van der Waals surface area contributed by atoms with E-state index in [2.05, 4.69) is 31.4 Å². The normalized spacial score (nSPS) is 10.4. The number of hydrogen-bond acceptors (Lipinski definition) is 4. The van der Waals surface area contributed by atoms with Crippen molar-refractivity contribution in [3.8, 4) is 11.5 Å². The monoisotopic (exact) mass is 477 g/mol. The SMILES string of the molecule is CCCCNC(=N)NC(=N)N.Cc1cc(C(C)(C)c2cc(C)c(O)c(C)c2)cc(C)c1O.Cl. The van der Waals surface area contributed by atoms with Crippen LogP contribution in [0.5, 0.6) is 11.5 Å². The molecule has 0 unspecified atom stereocenters. The van der Waals surface area contributed by atoms with Crippen molar-refractivity contribution in [1.29, 1.82) is 10.8 Å². The minimum Gasteiger partial charge on any atom is -0.507 e. The van der Waals surface area contributed by atoms with Crippen LogP contribution in [0.25, 0.3) is 0 Å². The summed E-state index contributed by atoms with van der Waals surface area (Å²) in [6.45, 7) is 14.9. The van der Waals surface area contributed by atoms with Gasteiger partial charge in [-0.25, -0.2) is 0 Å². The van der Waals surface area contributed by atoms with Gasteiger partial charge in [-0.3, -0.25) is 16.1 Å². The second-order valence-electron chi connectivity index (χ2n) is 8.74. The molecule has 7 nitrogen and oxygen atoms in total. The van der Waals surface area contributed by atoms with Gasteiger partial charge in [0.1, 0.15) is 11.5 Å². The van der Waals surface area contributed by atoms with Crippen LogP contribution in [0, 0.1) is 38.5 Å². The van der Waals surface area contributed by atoms with Gasteiger partial charge in [0.25, 0.3) is 0 Å². The highest BCUT2D eigenvalue weighted by atomic mass is 35.5. The summed E-state index contributed by atoms with van der Waals surface area (Å²) in [6.07, 6.45) is 2.10. The lowest BCUT2D eigenvalue weighted by Gasteiger charge is -2.28. The van der Waals surface area contributed by atoms with E-state index < -0.39 is 0 Å². The van der Waals surface area contributed by atoms with Crippen LogP contribution in [-0.4, -0.2) is 28.7 Å². The molecule has 0 aromatic heterocycles. The van der Waals surface area contributed by atoms with E-state index in [1.807, 2.05) is 52.0 Å². The van der Waals surface area contributed by atoms with E-state index in [4.69, 9.17) is 16.6 Å². The Balaban J connectivity index is 0.000000732. The Kier molecular flexibility index (Phi) is 11.8. The molecule has 0 spiro atoms. The molecule has 0 aliphatic carbocycles. The highest BCUT2D eigenvalue weighted by molar-refractivity contribution is 5.94. The third kappa shape index (κ3) is 8.50. The number of aromatic hydroxyl groups is 2. The molecule has 0 atom stereocenters. The number of aryl methyl sites for hydroxylation is 4. The number of halogens is 1. The molecule has 0 saturated heterocycles. The van der Waals surface area contributed by atoms with Gasteiger partial charge in [0, 0.05) is 12.0 Å². The molecule has 0 aliphatic heterocycles. The molecule has 0 heterocycles. The average Bonchev–Trinajstić information content (AvgIpc) is 2.69. The fourth-order valence-electron chi connectivity index (χ4n) is 3.37. The summed E-state index contributed by atoms with van der Waals surface area (Å²) < 4.78 is 0. The van der Waals surface area contributed by atoms with Crippen molar-refractivity contribution in [2.24, 2.45) is 5.73 Å². The molecule has 0 saturated carbocycles. The van der Waals surface area contributed by atoms with Crippen LogP contribution in [0.1, 0.15) is 67.0 Å². The molecule has 0 aliphatic rings. The van der Waals surface area contributed by atoms with Crippen LogP contribution in [0.15, 0.2) is 24.3 Å². The minimum atomic E-state index is -0.209. The molecule has 0 amide bonds. The molecular weight excluding hydrogens is 438 g/mol. The first-order chi connectivity index (χ1) is 14.8. The summed E-state index contributed by atoms with van der Waals surface area (Å²) in [7, 11) is 0. The third-order valence-corrected chi connectivity index (χ3v) is 5.52. The largest absolute Gasteiger partial charge is 0.507 e. The summed E-state index contributed by atoms with van der Waals surface area (Å²) in [5, 5.41) is 39.0. The lowest BCUT2D eigenvalue weighted by atomic mass is 9.76. The van der Waals surface area contributed by atoms with Gasteiger partial charge in [-0.05, 0) is 67.5 Å². The van der Waals surface area contributed by atoms with Crippen molar-refractivity contribution in [3.63, 3.8) is 0 Å². The van der Waals surface area contributed by atoms with E-state index in [9.17, 15) is 10.2 Å². The Morgan fingerprint density at radius 1 is 0.879 bits per heavy atom. The van der Waals surface area contributed by atoms with Gasteiger partial charge < -0.3 is 21.3 Å². The standard InChI is InChI=1S/C19H24O2.C6H15N5.ClH/c1-11-7-15(8-12(2)17(11)20)19(5,6)16-9-13(3)18(21)14(4)10-16;1-2-3-4-10-6(9)11-5(7)8;/h7-10,20-21H,1-6H3;2-4H2,1H3,(H6,7,8,9,10,11);1H. The zero-order chi connectivity index (χ0) is 24.6. The Morgan fingerprint density at radius 3 is 1.55 bits per heavy atom. The van der Waals surface area contributed by atoms with E-state index in [1.165, 1.54) is 11.1 Å². The van der Waals surface area contributed by atoms with E-state index in [-0.39, 0.29) is 29.7 Å². The van der Waals surface area contributed by atoms with E-state index >= 15 is 0 Å². The molecule has 2 aromatic carbocycles. The zero-order valence-electron chi connectivity index (χ0n) is 20.8. The molecule has 184 valence electrons. The van der Waals surface area contributed by atoms with E-state index in [0.29, 0.717) is 11.5 Å². The fourth-order valence-corrected chi connectivity index (χ4v) is 3.37. The minimum absolute atomic E-state index is 0. The van der Waals surface area contributed by atoms with Gasteiger partial charge in [0.2, 0.25) is 0 Å². The first-order valence-electron chi connectivity index (χ1n) is 10.9. The second-order valence-corrected chi connectivity index (χ2v) is 8.74. The van der Waals surface area contributed by atoms with E-state index in [0.717, 1.165) is 41.6 Å². The lowest BCUT2D eigenvalue weighted by Crippen LogP contribution is -2.43. The van der Waals surface area contributed by atoms with Crippen molar-refractivity contribution in [3.05, 3.63) is 57.6 Å². The number of benzene rings is 2. The quantitative estimate of drug-likeness (QED) is 0.187. The highest BCUT2D eigenvalue weighted by Crippen LogP contribution is 2.37. The third-order valence-electron chi connectivity index (χ3n) is 5.52. The summed E-state index contributed by atoms with van der Waals surface area (Å²) in [5.41, 5.74) is 10.7. The average molecular weight is 478 g/mol. The molecule has 0 fully saturated rings. The topological polar surface area (TPSA) is 138 Å². The maximum atomic E-state index is 9.96. The summed E-state index contributed by atoms with van der Waals surface area (Å²) in [5.74, 6) is 0.616. The van der Waals surface area contributed by atoms with Crippen LogP contribution < -0.4 is 16.4 Å². The highest BCUT2D eigenvalue weighted by Gasteiger charge is 2.25. The van der Waals surface area contributed by atoms with Crippen LogP contribution in [0.4, 0.5) is 0 Å². The summed E-state index contributed by atoms with van der Waals surface area (Å²) in [6, 6.07) is 8.17. The van der Waals surface area contributed by atoms with Gasteiger partial charge in [0.05, 0.1) is 0 Å². The predicted molar refractivity (Wildman–Crippen MR) is 140 cm³/mol. The molecule has 2 aromatic rings. The number of nitrogens with one attached hydrogen (secondary N) is 4. The Labute approximate surface area is 204 Å². The first-order valence-corrected chi connectivity index (χ1v) is 10.9. The number of hydrogen-bond donors (Lipinski definition) is 7. The van der Waals surface area contributed by atoms with Crippen LogP contribution in [0.2, 0.25) is 0 Å². The van der Waals surface area contributed by atoms with Gasteiger partial charge >= 0.3 is 0 Å². The summed E-state index contributed by atoms with van der Waals surface area (Å²) >= 11 is 0. The van der Waals surface area contributed by atoms with Crippen LogP contribution in [-0.2, 0) is 5.41 Å². The van der Waals surface area contributed by atoms with Crippen molar-refractivity contribution >= 4 is 24.3 Å². The molecule has 33 heavy (non-hydrogen) atoms. The van der Waals surface area contributed by atoms with Crippen molar-refractivity contribution in [2.45, 2.75) is 66.7 Å². The fraction of sp³-hybridized carbons (Fsp3) is 0.440. The van der Waals surface area contributed by atoms with Gasteiger partial charge in [-0.1, -0.05) is 51.5 Å². The van der Waals surface area contributed by atoms with Crippen molar-refractivity contribution < 1.29 is 10.2 Å². The van der Waals surface area contributed by atoms with E-state index in [1.54, 1.807) is 0 Å². The molecule has 0 bridgehead atoms. The summed E-state index contributed by atoms with van der Waals surface area (Å²) in [4.78, 5) is 0. The first kappa shape index (κ1) is 30.1. The number of rotatable bonds is 5. The van der Waals surface area contributed by atoms with Crippen LogP contribution >= 0.6 is 12.4 Å². The molecule has 0 radical (unpaired) electrons. The zero-order valence-corrected chi connectivity index (χ0v) is 21.6. The van der Waals surface area contributed by atoms with Crippen molar-refractivity contribution in [1.82, 2.24) is 10.6 Å². The molecule has 8 N–H and O–H groups in total. The molecular formula is C25H40ClN5O2. The maximum Gasteiger partial charge on any atom is 0.195 e. The van der Waals surface area contributed by atoms with Gasteiger partial charge in [0.15, 0.2) is 11.9 Å². The predicted octanol–water partition coefficient (Wildman–Crippen LogP) is 4.87. The number of nitrogens with two attached hydrogens (primary N) is 1. The number of phenolic OH excluding ortho intramolecular Hbond substituents is 2. The van der Waals surface area contributed by atoms with Gasteiger partial charge in [-0.15, -0.1) is 12.4 Å². The molecule has 8 heteroatoms. The number of guanidine groups is 2. The smallest absolute Gasteiger partial charge is 0.195 e. The number of phenols is 2. The molecule has 2 rings (SSSR count).